The molecular formula is C32H41N3O6S2. The van der Waals surface area contributed by atoms with Crippen molar-refractivity contribution < 1.29 is 27.5 Å². The van der Waals surface area contributed by atoms with Gasteiger partial charge in [-0.25, -0.2) is 4.79 Å². The Morgan fingerprint density at radius 1 is 0.953 bits per heavy atom. The lowest BCUT2D eigenvalue weighted by atomic mass is 9.99. The van der Waals surface area contributed by atoms with E-state index in [1.807, 2.05) is 50.2 Å². The van der Waals surface area contributed by atoms with Gasteiger partial charge in [-0.05, 0) is 61.4 Å². The molecule has 1 heterocycles. The summed E-state index contributed by atoms with van der Waals surface area (Å²) in [6, 6.07) is 17.4. The van der Waals surface area contributed by atoms with Crippen LogP contribution in [0.15, 0.2) is 60.7 Å². The fraction of sp³-hybridized carbons (Fsp3) is 0.406. The zero-order valence-electron chi connectivity index (χ0n) is 25.5. The average Bonchev–Trinajstić information content (AvgIpc) is 3.33. The highest BCUT2D eigenvalue weighted by Crippen LogP contribution is 2.38. The highest BCUT2D eigenvalue weighted by atomic mass is 32.2. The minimum atomic E-state index is -4.29. The lowest BCUT2D eigenvalue weighted by Crippen LogP contribution is -2.48. The Hall–Kier alpha value is -3.70. The predicted octanol–water partition coefficient (Wildman–Crippen LogP) is 6.31. The SMILES string of the molecule is CCNC(=O)S(=O)(=O)Nc1sc(CC(C)C)cc1-c1ccc(CN(C(=O)c2ccccc2)C(C(=O)OCC)C(C)C)cc1. The van der Waals surface area contributed by atoms with Crippen LogP contribution in [0.25, 0.3) is 11.1 Å². The fourth-order valence-corrected chi connectivity index (χ4v) is 7.08. The molecular weight excluding hydrogens is 587 g/mol. The Bertz CT molecular complexity index is 1500. The van der Waals surface area contributed by atoms with E-state index in [4.69, 9.17) is 4.74 Å². The predicted molar refractivity (Wildman–Crippen MR) is 171 cm³/mol. The quantitative estimate of drug-likeness (QED) is 0.214. The third-order valence-electron chi connectivity index (χ3n) is 6.58. The summed E-state index contributed by atoms with van der Waals surface area (Å²) in [6.45, 7) is 11.9. The van der Waals surface area contributed by atoms with Gasteiger partial charge in [-0.15, -0.1) is 11.3 Å². The van der Waals surface area contributed by atoms with Gasteiger partial charge in [0.15, 0.2) is 0 Å². The molecule has 3 rings (SSSR count). The molecule has 2 amide bonds. The van der Waals surface area contributed by atoms with Gasteiger partial charge in [0, 0.05) is 29.1 Å². The summed E-state index contributed by atoms with van der Waals surface area (Å²) in [5, 5.41) is 1.61. The second-order valence-corrected chi connectivity index (χ2v) is 13.6. The van der Waals surface area contributed by atoms with Crippen molar-refractivity contribution in [3.05, 3.63) is 76.7 Å². The van der Waals surface area contributed by atoms with E-state index >= 15 is 0 Å². The molecule has 1 unspecified atom stereocenters. The Balaban J connectivity index is 1.98. The molecule has 3 aromatic rings. The maximum absolute atomic E-state index is 13.7. The van der Waals surface area contributed by atoms with Gasteiger partial charge in [0.25, 0.3) is 5.91 Å². The number of nitrogens with zero attached hydrogens (tertiary/aromatic N) is 1. The molecule has 2 aromatic carbocycles. The number of sulfonamides is 1. The first-order valence-electron chi connectivity index (χ1n) is 14.4. The van der Waals surface area contributed by atoms with Crippen LogP contribution in [0.5, 0.6) is 0 Å². The minimum Gasteiger partial charge on any atom is -0.464 e. The van der Waals surface area contributed by atoms with E-state index in [2.05, 4.69) is 23.9 Å². The molecule has 9 nitrogen and oxygen atoms in total. The third-order valence-corrected chi connectivity index (χ3v) is 8.89. The van der Waals surface area contributed by atoms with Crippen molar-refractivity contribution in [1.29, 1.82) is 0 Å². The molecule has 0 spiro atoms. The maximum Gasteiger partial charge on any atom is 0.357 e. The van der Waals surface area contributed by atoms with Crippen molar-refractivity contribution in [2.24, 2.45) is 11.8 Å². The van der Waals surface area contributed by atoms with Crippen molar-refractivity contribution in [1.82, 2.24) is 10.2 Å². The van der Waals surface area contributed by atoms with Gasteiger partial charge in [0.1, 0.15) is 11.0 Å². The molecule has 232 valence electrons. The van der Waals surface area contributed by atoms with Gasteiger partial charge in [0.05, 0.1) is 6.61 Å². The van der Waals surface area contributed by atoms with E-state index in [0.717, 1.165) is 22.4 Å². The summed E-state index contributed by atoms with van der Waals surface area (Å²) in [4.78, 5) is 41.4. The van der Waals surface area contributed by atoms with Crippen LogP contribution in [0, 0.1) is 11.8 Å². The summed E-state index contributed by atoms with van der Waals surface area (Å²) in [5.41, 5.74) is 2.65. The zero-order valence-corrected chi connectivity index (χ0v) is 27.2. The topological polar surface area (TPSA) is 122 Å². The van der Waals surface area contributed by atoms with Crippen LogP contribution in [0.4, 0.5) is 9.80 Å². The average molecular weight is 628 g/mol. The van der Waals surface area contributed by atoms with Crippen LogP contribution < -0.4 is 10.0 Å². The van der Waals surface area contributed by atoms with E-state index in [0.29, 0.717) is 22.0 Å². The van der Waals surface area contributed by atoms with Crippen molar-refractivity contribution in [2.75, 3.05) is 17.9 Å². The largest absolute Gasteiger partial charge is 0.464 e. The summed E-state index contributed by atoms with van der Waals surface area (Å²) >= 11 is 1.30. The zero-order chi connectivity index (χ0) is 31.7. The number of thiophene rings is 1. The van der Waals surface area contributed by atoms with Crippen molar-refractivity contribution in [2.45, 2.75) is 60.5 Å². The highest BCUT2D eigenvalue weighted by molar-refractivity contribution is 8.07. The van der Waals surface area contributed by atoms with Crippen LogP contribution >= 0.6 is 11.3 Å². The van der Waals surface area contributed by atoms with Crippen LogP contribution in [-0.2, 0) is 32.5 Å². The second-order valence-electron chi connectivity index (χ2n) is 10.9. The van der Waals surface area contributed by atoms with Gasteiger partial charge < -0.3 is 15.0 Å². The number of amides is 2. The van der Waals surface area contributed by atoms with Gasteiger partial charge in [-0.3, -0.25) is 14.3 Å². The lowest BCUT2D eigenvalue weighted by Gasteiger charge is -2.33. The second kappa shape index (κ2) is 15.2. The third kappa shape index (κ3) is 8.90. The molecule has 0 fully saturated rings. The summed E-state index contributed by atoms with van der Waals surface area (Å²) in [7, 11) is -4.29. The van der Waals surface area contributed by atoms with Crippen LogP contribution in [0.2, 0.25) is 0 Å². The van der Waals surface area contributed by atoms with Crippen LogP contribution in [0.3, 0.4) is 0 Å². The summed E-state index contributed by atoms with van der Waals surface area (Å²) in [5.74, 6) is -0.590. The Morgan fingerprint density at radius 2 is 1.60 bits per heavy atom. The molecule has 0 radical (unpaired) electrons. The number of carbonyl (C=O) groups excluding carboxylic acids is 3. The first-order chi connectivity index (χ1) is 20.4. The number of hydrogen-bond donors (Lipinski definition) is 2. The van der Waals surface area contributed by atoms with Crippen molar-refractivity contribution >= 4 is 43.5 Å². The van der Waals surface area contributed by atoms with E-state index in [9.17, 15) is 22.8 Å². The molecule has 0 bridgehead atoms. The van der Waals surface area contributed by atoms with Gasteiger partial charge in [-0.1, -0.05) is 70.2 Å². The van der Waals surface area contributed by atoms with Crippen molar-refractivity contribution in [3.63, 3.8) is 0 Å². The Morgan fingerprint density at radius 3 is 2.16 bits per heavy atom. The van der Waals surface area contributed by atoms with E-state index < -0.39 is 27.3 Å². The molecule has 43 heavy (non-hydrogen) atoms. The summed E-state index contributed by atoms with van der Waals surface area (Å²) in [6.07, 6.45) is 0.750. The molecule has 0 saturated carbocycles. The monoisotopic (exact) mass is 627 g/mol. The Labute approximate surface area is 258 Å². The number of ether oxygens (including phenoxy) is 1. The molecule has 0 aliphatic heterocycles. The van der Waals surface area contributed by atoms with Gasteiger partial charge in [-0.2, -0.15) is 8.42 Å². The number of esters is 1. The molecule has 0 aliphatic rings. The first kappa shape index (κ1) is 33.8. The normalized spacial score (nSPS) is 12.2. The lowest BCUT2D eigenvalue weighted by molar-refractivity contribution is -0.150. The van der Waals surface area contributed by atoms with Crippen LogP contribution in [-0.4, -0.2) is 49.6 Å². The van der Waals surface area contributed by atoms with Gasteiger partial charge in [0.2, 0.25) is 0 Å². The molecule has 11 heteroatoms. The fourth-order valence-electron chi connectivity index (χ4n) is 4.66. The standard InChI is InChI=1S/C32H41N3O6S2/c1-7-33-32(38)43(39,40)34-29-27(19-26(42-29)18-21(3)4)24-16-14-23(15-17-24)20-35(28(22(5)6)31(37)41-8-2)30(36)25-12-10-9-11-13-25/h9-17,19,21-22,28,34H,7-8,18,20H2,1-6H3,(H,33,38). The number of hydrogen-bond acceptors (Lipinski definition) is 7. The molecule has 1 aromatic heterocycles. The molecule has 0 aliphatic carbocycles. The summed E-state index contributed by atoms with van der Waals surface area (Å²) < 4.78 is 33.2. The molecule has 2 N–H and O–H groups in total. The van der Waals surface area contributed by atoms with E-state index in [1.165, 1.54) is 11.3 Å². The number of benzene rings is 2. The van der Waals surface area contributed by atoms with E-state index in [1.54, 1.807) is 43.0 Å². The van der Waals surface area contributed by atoms with Crippen LogP contribution in [0.1, 0.15) is 62.3 Å². The van der Waals surface area contributed by atoms with Crippen molar-refractivity contribution in [3.8, 4) is 11.1 Å². The van der Waals surface area contributed by atoms with Gasteiger partial charge >= 0.3 is 21.2 Å². The van der Waals surface area contributed by atoms with E-state index in [-0.39, 0.29) is 31.5 Å². The number of carbonyl (C=O) groups is 3. The number of nitrogens with one attached hydrogen (secondary N) is 2. The number of rotatable bonds is 13. The Kier molecular flexibility index (Phi) is 11.9. The maximum atomic E-state index is 13.7. The minimum absolute atomic E-state index is 0.161. The number of anilines is 1. The smallest absolute Gasteiger partial charge is 0.357 e. The highest BCUT2D eigenvalue weighted by Gasteiger charge is 2.34. The first-order valence-corrected chi connectivity index (χ1v) is 16.7. The molecule has 1 atom stereocenters. The molecule has 0 saturated heterocycles.